The van der Waals surface area contributed by atoms with E-state index >= 15 is 0 Å². The highest BCUT2D eigenvalue weighted by atomic mass is 16.5. The zero-order valence-corrected chi connectivity index (χ0v) is 19.1. The number of amides is 1. The number of aryl methyl sites for hydroxylation is 3. The first-order valence-corrected chi connectivity index (χ1v) is 10.9. The van der Waals surface area contributed by atoms with Gasteiger partial charge in [-0.2, -0.15) is 10.1 Å². The van der Waals surface area contributed by atoms with Crippen LogP contribution in [0, 0.1) is 20.8 Å². The van der Waals surface area contributed by atoms with E-state index in [1.165, 1.54) is 17.2 Å². The number of hydrogen-bond acceptors (Lipinski definition) is 5. The summed E-state index contributed by atoms with van der Waals surface area (Å²) in [6, 6.07) is 16.5. The lowest BCUT2D eigenvalue weighted by atomic mass is 10.0. The van der Waals surface area contributed by atoms with E-state index in [1.807, 2.05) is 35.2 Å². The molecule has 1 amide bonds. The van der Waals surface area contributed by atoms with Gasteiger partial charge in [-0.15, -0.1) is 0 Å². The molecule has 0 saturated heterocycles. The van der Waals surface area contributed by atoms with Crippen LogP contribution >= 0.6 is 0 Å². The van der Waals surface area contributed by atoms with Gasteiger partial charge in [0.15, 0.2) is 5.82 Å². The summed E-state index contributed by atoms with van der Waals surface area (Å²) in [7, 11) is 0. The van der Waals surface area contributed by atoms with Gasteiger partial charge in [-0.3, -0.25) is 9.48 Å². The first-order chi connectivity index (χ1) is 16.0. The molecule has 2 aromatic heterocycles. The summed E-state index contributed by atoms with van der Waals surface area (Å²) in [5.74, 6) is 0.909. The van der Waals surface area contributed by atoms with Crippen molar-refractivity contribution in [3.8, 4) is 11.3 Å². The van der Waals surface area contributed by atoms with E-state index in [0.717, 1.165) is 22.4 Å². The Morgan fingerprint density at radius 2 is 1.91 bits per heavy atom. The number of carbonyl (C=O) groups is 1. The molecule has 2 aromatic carbocycles. The molecule has 0 saturated carbocycles. The van der Waals surface area contributed by atoms with E-state index in [4.69, 9.17) is 9.62 Å². The molecule has 0 spiro atoms. The van der Waals surface area contributed by atoms with E-state index < -0.39 is 0 Å². The van der Waals surface area contributed by atoms with Gasteiger partial charge in [0.1, 0.15) is 0 Å². The van der Waals surface area contributed by atoms with Crippen molar-refractivity contribution in [1.29, 1.82) is 0 Å². The molecule has 7 nitrogen and oxygen atoms in total. The number of benzene rings is 2. The summed E-state index contributed by atoms with van der Waals surface area (Å²) in [4.78, 5) is 16.5. The van der Waals surface area contributed by atoms with Crippen LogP contribution in [0.25, 0.3) is 17.3 Å². The molecule has 4 aromatic rings. The van der Waals surface area contributed by atoms with Crippen molar-refractivity contribution >= 4 is 12.0 Å². The van der Waals surface area contributed by atoms with Crippen LogP contribution in [-0.4, -0.2) is 32.4 Å². The largest absolute Gasteiger partial charge is 0.352 e. The van der Waals surface area contributed by atoms with Gasteiger partial charge in [0.2, 0.25) is 11.8 Å². The second-order valence-electron chi connectivity index (χ2n) is 8.02. The van der Waals surface area contributed by atoms with E-state index in [-0.39, 0.29) is 5.91 Å². The lowest BCUT2D eigenvalue weighted by Crippen LogP contribution is -2.23. The van der Waals surface area contributed by atoms with E-state index in [1.54, 1.807) is 6.92 Å². The van der Waals surface area contributed by atoms with Crippen molar-refractivity contribution in [2.45, 2.75) is 33.7 Å². The minimum atomic E-state index is -0.187. The molecular weight excluding hydrogens is 414 g/mol. The summed E-state index contributed by atoms with van der Waals surface area (Å²) in [6.45, 7) is 7.02. The fourth-order valence-corrected chi connectivity index (χ4v) is 3.48. The Balaban J connectivity index is 1.51. The van der Waals surface area contributed by atoms with Crippen LogP contribution in [0.3, 0.4) is 0 Å². The predicted octanol–water partition coefficient (Wildman–Crippen LogP) is 4.28. The Morgan fingerprint density at radius 3 is 2.64 bits per heavy atom. The predicted molar refractivity (Wildman–Crippen MR) is 127 cm³/mol. The van der Waals surface area contributed by atoms with Crippen LogP contribution < -0.4 is 5.32 Å². The maximum Gasteiger partial charge on any atom is 0.244 e. The lowest BCUT2D eigenvalue weighted by Gasteiger charge is -2.04. The summed E-state index contributed by atoms with van der Waals surface area (Å²) in [5, 5.41) is 11.4. The van der Waals surface area contributed by atoms with Crippen LogP contribution in [0.4, 0.5) is 0 Å². The molecule has 4 rings (SSSR count). The van der Waals surface area contributed by atoms with Crippen LogP contribution in [-0.2, 0) is 17.8 Å². The molecule has 0 aliphatic heterocycles. The van der Waals surface area contributed by atoms with Gasteiger partial charge < -0.3 is 9.84 Å². The number of aromatic nitrogens is 4. The standard InChI is InChI=1S/C26H27N5O2/c1-18-9-10-22(15-19(18)2)26-23(17-31(29-26)16-21-7-5-4-6-8-21)11-12-24(32)27-14-13-25-28-20(3)30-33-25/h4-12,15,17H,13-14,16H2,1-3H3,(H,27,32)/b12-11+. The molecule has 0 aliphatic carbocycles. The maximum atomic E-state index is 12.4. The van der Waals surface area contributed by atoms with Crippen molar-refractivity contribution in [3.05, 3.63) is 94.8 Å². The summed E-state index contributed by atoms with van der Waals surface area (Å²) in [5.41, 5.74) is 6.36. The van der Waals surface area contributed by atoms with Crippen molar-refractivity contribution in [2.75, 3.05) is 6.54 Å². The third-order valence-corrected chi connectivity index (χ3v) is 5.38. The molecule has 0 atom stereocenters. The van der Waals surface area contributed by atoms with Crippen LogP contribution in [0.1, 0.15) is 34.0 Å². The topological polar surface area (TPSA) is 85.8 Å². The van der Waals surface area contributed by atoms with Crippen molar-refractivity contribution in [3.63, 3.8) is 0 Å². The highest BCUT2D eigenvalue weighted by Gasteiger charge is 2.11. The number of nitrogens with zero attached hydrogens (tertiary/aromatic N) is 4. The number of hydrogen-bond donors (Lipinski definition) is 1. The van der Waals surface area contributed by atoms with E-state index in [9.17, 15) is 4.79 Å². The normalized spacial score (nSPS) is 11.2. The number of nitrogens with one attached hydrogen (secondary N) is 1. The number of carbonyl (C=O) groups excluding carboxylic acids is 1. The van der Waals surface area contributed by atoms with Gasteiger partial charge in [0.05, 0.1) is 12.2 Å². The smallest absolute Gasteiger partial charge is 0.244 e. The van der Waals surface area contributed by atoms with Gasteiger partial charge in [0.25, 0.3) is 0 Å². The molecule has 0 fully saturated rings. The molecule has 0 unspecified atom stereocenters. The van der Waals surface area contributed by atoms with Crippen molar-refractivity contribution < 1.29 is 9.32 Å². The van der Waals surface area contributed by atoms with E-state index in [2.05, 4.69) is 59.6 Å². The first-order valence-electron chi connectivity index (χ1n) is 10.9. The molecule has 0 radical (unpaired) electrons. The maximum absolute atomic E-state index is 12.4. The third-order valence-electron chi connectivity index (χ3n) is 5.38. The molecule has 0 aliphatic rings. The summed E-state index contributed by atoms with van der Waals surface area (Å²) >= 11 is 0. The Morgan fingerprint density at radius 1 is 1.09 bits per heavy atom. The average Bonchev–Trinajstić information content (AvgIpc) is 3.40. The highest BCUT2D eigenvalue weighted by Crippen LogP contribution is 2.26. The minimum Gasteiger partial charge on any atom is -0.352 e. The molecule has 33 heavy (non-hydrogen) atoms. The Hall–Kier alpha value is -4.00. The Labute approximate surface area is 193 Å². The van der Waals surface area contributed by atoms with Crippen LogP contribution in [0.5, 0.6) is 0 Å². The first kappa shape index (κ1) is 22.2. The molecule has 7 heteroatoms. The van der Waals surface area contributed by atoms with Crippen molar-refractivity contribution in [2.24, 2.45) is 0 Å². The Bertz CT molecular complexity index is 1270. The second-order valence-corrected chi connectivity index (χ2v) is 8.02. The van der Waals surface area contributed by atoms with Gasteiger partial charge in [-0.05, 0) is 49.6 Å². The SMILES string of the molecule is Cc1noc(CCNC(=O)/C=C/c2cn(Cc3ccccc3)nc2-c2ccc(C)c(C)c2)n1. The zero-order chi connectivity index (χ0) is 23.2. The minimum absolute atomic E-state index is 0.187. The summed E-state index contributed by atoms with van der Waals surface area (Å²) in [6.07, 6.45) is 5.81. The second kappa shape index (κ2) is 10.1. The Kier molecular flexibility index (Phi) is 6.78. The highest BCUT2D eigenvalue weighted by molar-refractivity contribution is 5.92. The fourth-order valence-electron chi connectivity index (χ4n) is 3.48. The molecular formula is C26H27N5O2. The van der Waals surface area contributed by atoms with Gasteiger partial charge >= 0.3 is 0 Å². The average molecular weight is 442 g/mol. The zero-order valence-electron chi connectivity index (χ0n) is 19.1. The van der Waals surface area contributed by atoms with Crippen molar-refractivity contribution in [1.82, 2.24) is 25.2 Å². The fraction of sp³-hybridized carbons (Fsp3) is 0.231. The van der Waals surface area contributed by atoms with Gasteiger partial charge in [-0.1, -0.05) is 47.6 Å². The lowest BCUT2D eigenvalue weighted by molar-refractivity contribution is -0.116. The summed E-state index contributed by atoms with van der Waals surface area (Å²) < 4.78 is 6.98. The molecule has 0 bridgehead atoms. The van der Waals surface area contributed by atoms with Crippen LogP contribution in [0.15, 0.2) is 65.3 Å². The monoisotopic (exact) mass is 441 g/mol. The molecule has 1 N–H and O–H groups in total. The number of rotatable bonds is 8. The van der Waals surface area contributed by atoms with Gasteiger partial charge in [0, 0.05) is 36.4 Å². The van der Waals surface area contributed by atoms with E-state index in [0.29, 0.717) is 31.2 Å². The quantitative estimate of drug-likeness (QED) is 0.413. The molecule has 2 heterocycles. The molecule has 168 valence electrons. The van der Waals surface area contributed by atoms with Crippen LogP contribution in [0.2, 0.25) is 0 Å². The van der Waals surface area contributed by atoms with Gasteiger partial charge in [-0.25, -0.2) is 0 Å². The third kappa shape index (κ3) is 5.83.